The van der Waals surface area contributed by atoms with Gasteiger partial charge in [-0.05, 0) is 60.9 Å². The minimum absolute atomic E-state index is 0.115. The van der Waals surface area contributed by atoms with Crippen LogP contribution in [0.5, 0.6) is 0 Å². The molecular weight excluding hydrogens is 368 g/mol. The van der Waals surface area contributed by atoms with E-state index in [2.05, 4.69) is 27.5 Å². The molecule has 2 N–H and O–H groups in total. The summed E-state index contributed by atoms with van der Waals surface area (Å²) < 4.78 is 1.55. The van der Waals surface area contributed by atoms with Gasteiger partial charge in [0.05, 0.1) is 0 Å². The van der Waals surface area contributed by atoms with Crippen LogP contribution in [0.15, 0.2) is 60.9 Å². The maximum Gasteiger partial charge on any atom is 0.326 e. The molecule has 2 aromatic heterocycles. The summed E-state index contributed by atoms with van der Waals surface area (Å²) >= 11 is 0. The summed E-state index contributed by atoms with van der Waals surface area (Å²) in [7, 11) is 0. The van der Waals surface area contributed by atoms with Crippen LogP contribution in [0.25, 0.3) is 5.82 Å². The summed E-state index contributed by atoms with van der Waals surface area (Å²) in [6.07, 6.45) is 6.67. The molecule has 1 aromatic carbocycles. The van der Waals surface area contributed by atoms with E-state index in [1.54, 1.807) is 41.3 Å². The monoisotopic (exact) mass is 390 g/mol. The molecule has 1 amide bonds. The first-order valence-corrected chi connectivity index (χ1v) is 9.70. The minimum Gasteiger partial charge on any atom is -0.480 e. The Hall–Kier alpha value is -3.48. The van der Waals surface area contributed by atoms with Gasteiger partial charge in [-0.3, -0.25) is 4.79 Å². The van der Waals surface area contributed by atoms with Crippen molar-refractivity contribution in [3.05, 3.63) is 77.7 Å². The van der Waals surface area contributed by atoms with Gasteiger partial charge in [-0.15, -0.1) is 0 Å². The van der Waals surface area contributed by atoms with Crippen LogP contribution in [0.1, 0.15) is 46.8 Å². The molecule has 2 atom stereocenters. The topological polar surface area (TPSA) is 97.1 Å². The molecule has 2 unspecified atom stereocenters. The van der Waals surface area contributed by atoms with Crippen molar-refractivity contribution in [1.29, 1.82) is 0 Å². The van der Waals surface area contributed by atoms with Crippen LogP contribution in [0.4, 0.5) is 0 Å². The Morgan fingerprint density at radius 2 is 2.03 bits per heavy atom. The van der Waals surface area contributed by atoms with Crippen LogP contribution in [-0.4, -0.2) is 37.8 Å². The first kappa shape index (κ1) is 18.9. The van der Waals surface area contributed by atoms with Crippen LogP contribution in [-0.2, 0) is 11.2 Å². The molecule has 0 radical (unpaired) electrons. The lowest BCUT2D eigenvalue weighted by Crippen LogP contribution is -2.42. The van der Waals surface area contributed by atoms with Gasteiger partial charge in [-0.25, -0.2) is 14.5 Å². The lowest BCUT2D eigenvalue weighted by atomic mass is 9.79. The number of aromatic nitrogens is 3. The number of nitrogens with zero attached hydrogens (tertiary/aromatic N) is 3. The molecule has 7 nitrogen and oxygen atoms in total. The van der Waals surface area contributed by atoms with Crippen LogP contribution < -0.4 is 5.32 Å². The quantitative estimate of drug-likeness (QED) is 0.674. The smallest absolute Gasteiger partial charge is 0.326 e. The van der Waals surface area contributed by atoms with E-state index in [9.17, 15) is 14.7 Å². The zero-order valence-electron chi connectivity index (χ0n) is 15.9. The van der Waals surface area contributed by atoms with Crippen molar-refractivity contribution in [1.82, 2.24) is 20.1 Å². The highest BCUT2D eigenvalue weighted by molar-refractivity contribution is 5.95. The third-order valence-corrected chi connectivity index (χ3v) is 5.32. The van der Waals surface area contributed by atoms with Crippen molar-refractivity contribution in [2.24, 2.45) is 0 Å². The van der Waals surface area contributed by atoms with Crippen molar-refractivity contribution in [3.63, 3.8) is 0 Å². The van der Waals surface area contributed by atoms with Crippen LogP contribution in [0.3, 0.4) is 0 Å². The van der Waals surface area contributed by atoms with Gasteiger partial charge in [0.25, 0.3) is 5.91 Å². The van der Waals surface area contributed by atoms with Crippen LogP contribution in [0.2, 0.25) is 0 Å². The van der Waals surface area contributed by atoms with E-state index in [-0.39, 0.29) is 11.6 Å². The zero-order chi connectivity index (χ0) is 20.2. The number of hydrogen-bond donors (Lipinski definition) is 2. The zero-order valence-corrected chi connectivity index (χ0v) is 15.9. The van der Waals surface area contributed by atoms with Crippen molar-refractivity contribution in [3.8, 4) is 5.82 Å². The lowest BCUT2D eigenvalue weighted by molar-refractivity contribution is -0.139. The molecule has 4 rings (SSSR count). The Labute approximate surface area is 168 Å². The molecule has 1 aliphatic rings. The SMILES string of the molecule is O=C(NC(CC1CCCc2ccccc21)C(=O)O)c1cccc(-n2cccn2)n1. The Balaban J connectivity index is 1.50. The van der Waals surface area contributed by atoms with E-state index >= 15 is 0 Å². The van der Waals surface area contributed by atoms with Crippen molar-refractivity contribution >= 4 is 11.9 Å². The summed E-state index contributed by atoms with van der Waals surface area (Å²) in [5, 5.41) is 16.5. The van der Waals surface area contributed by atoms with Gasteiger partial charge < -0.3 is 10.4 Å². The Kier molecular flexibility index (Phi) is 5.37. The second kappa shape index (κ2) is 8.26. The average Bonchev–Trinajstić information content (AvgIpc) is 3.28. The number of nitrogens with one attached hydrogen (secondary N) is 1. The van der Waals surface area contributed by atoms with Crippen LogP contribution >= 0.6 is 0 Å². The standard InChI is InChI=1S/C22H22N4O3/c27-21(18-10-4-11-20(24-18)26-13-5-12-23-26)25-19(22(28)29)14-16-8-3-7-15-6-1-2-9-17(15)16/h1-2,4-6,9-13,16,19H,3,7-8,14H2,(H,25,27)(H,28,29). The van der Waals surface area contributed by atoms with Gasteiger partial charge in [0.1, 0.15) is 11.7 Å². The number of rotatable bonds is 6. The molecule has 0 saturated heterocycles. The summed E-state index contributed by atoms with van der Waals surface area (Å²) in [5.74, 6) is -0.930. The molecule has 7 heteroatoms. The van der Waals surface area contributed by atoms with E-state index < -0.39 is 17.9 Å². The number of carboxylic acid groups (broad SMARTS) is 1. The molecule has 0 aliphatic heterocycles. The summed E-state index contributed by atoms with van der Waals surface area (Å²) in [5.41, 5.74) is 2.62. The average molecular weight is 390 g/mol. The van der Waals surface area contributed by atoms with E-state index in [0.29, 0.717) is 12.2 Å². The molecule has 0 bridgehead atoms. The van der Waals surface area contributed by atoms with Crippen molar-refractivity contribution in [2.75, 3.05) is 0 Å². The number of aryl methyl sites for hydroxylation is 1. The minimum atomic E-state index is -1.04. The number of pyridine rings is 1. The maximum atomic E-state index is 12.7. The third-order valence-electron chi connectivity index (χ3n) is 5.32. The van der Waals surface area contributed by atoms with Gasteiger partial charge in [0.2, 0.25) is 0 Å². The highest BCUT2D eigenvalue weighted by Crippen LogP contribution is 2.34. The molecule has 0 spiro atoms. The summed E-state index contributed by atoms with van der Waals surface area (Å²) in [6.45, 7) is 0. The van der Waals surface area contributed by atoms with Crippen molar-refractivity contribution in [2.45, 2.75) is 37.6 Å². The number of benzene rings is 1. The number of carbonyl (C=O) groups is 2. The molecule has 1 aliphatic carbocycles. The molecule has 0 saturated carbocycles. The maximum absolute atomic E-state index is 12.7. The largest absolute Gasteiger partial charge is 0.480 e. The lowest BCUT2D eigenvalue weighted by Gasteiger charge is -2.28. The van der Waals surface area contributed by atoms with E-state index in [4.69, 9.17) is 0 Å². The number of hydrogen-bond acceptors (Lipinski definition) is 4. The van der Waals surface area contributed by atoms with Crippen LogP contribution in [0, 0.1) is 0 Å². The second-order valence-corrected chi connectivity index (χ2v) is 7.22. The Bertz CT molecular complexity index is 1020. The number of fused-ring (bicyclic) bond motifs is 1. The highest BCUT2D eigenvalue weighted by atomic mass is 16.4. The molecule has 29 heavy (non-hydrogen) atoms. The van der Waals surface area contributed by atoms with Gasteiger partial charge in [0.15, 0.2) is 5.82 Å². The van der Waals surface area contributed by atoms with E-state index in [1.165, 1.54) is 11.1 Å². The van der Waals surface area contributed by atoms with E-state index in [1.807, 2.05) is 12.1 Å². The molecule has 3 aromatic rings. The number of carbonyl (C=O) groups excluding carboxylic acids is 1. The molecule has 148 valence electrons. The van der Waals surface area contributed by atoms with Gasteiger partial charge in [0, 0.05) is 12.4 Å². The summed E-state index contributed by atoms with van der Waals surface area (Å²) in [6, 6.07) is 13.9. The Morgan fingerprint density at radius 3 is 2.83 bits per heavy atom. The molecule has 0 fully saturated rings. The molecule has 2 heterocycles. The van der Waals surface area contributed by atoms with Gasteiger partial charge >= 0.3 is 5.97 Å². The predicted octanol–water partition coefficient (Wildman–Crippen LogP) is 2.96. The highest BCUT2D eigenvalue weighted by Gasteiger charge is 2.28. The fraction of sp³-hybridized carbons (Fsp3) is 0.273. The van der Waals surface area contributed by atoms with Gasteiger partial charge in [-0.1, -0.05) is 30.3 Å². The fourth-order valence-corrected chi connectivity index (χ4v) is 3.92. The van der Waals surface area contributed by atoms with Crippen molar-refractivity contribution < 1.29 is 14.7 Å². The first-order valence-electron chi connectivity index (χ1n) is 9.70. The first-order chi connectivity index (χ1) is 14.1. The Morgan fingerprint density at radius 1 is 1.17 bits per heavy atom. The van der Waals surface area contributed by atoms with Gasteiger partial charge in [-0.2, -0.15) is 5.10 Å². The number of amides is 1. The third kappa shape index (κ3) is 4.18. The molecular formula is C22H22N4O3. The number of carboxylic acids is 1. The normalized spacial score (nSPS) is 16.6. The number of aliphatic carboxylic acids is 1. The fourth-order valence-electron chi connectivity index (χ4n) is 3.92. The summed E-state index contributed by atoms with van der Waals surface area (Å²) in [4.78, 5) is 28.9. The van der Waals surface area contributed by atoms with E-state index in [0.717, 1.165) is 19.3 Å². The predicted molar refractivity (Wildman–Crippen MR) is 107 cm³/mol. The second-order valence-electron chi connectivity index (χ2n) is 7.22.